The Hall–Kier alpha value is -0.260. The second-order valence-corrected chi connectivity index (χ2v) is 8.62. The van der Waals surface area contributed by atoms with Crippen LogP contribution in [-0.2, 0) is 0 Å². The third kappa shape index (κ3) is 23.7. The van der Waals surface area contributed by atoms with Gasteiger partial charge in [-0.05, 0) is 18.8 Å². The van der Waals surface area contributed by atoms with Crippen LogP contribution in [0.15, 0.2) is 12.7 Å². The summed E-state index contributed by atoms with van der Waals surface area (Å²) in [6.45, 7) is 8.46. The molecule has 0 aromatic heterocycles. The predicted octanol–water partition coefficient (Wildman–Crippen LogP) is 9.63. The van der Waals surface area contributed by atoms with Gasteiger partial charge in [0.05, 0.1) is 0 Å². The maximum absolute atomic E-state index is 3.78. The van der Waals surface area contributed by atoms with Gasteiger partial charge in [0.1, 0.15) is 0 Å². The van der Waals surface area contributed by atoms with Gasteiger partial charge in [0.15, 0.2) is 0 Å². The summed E-state index contributed by atoms with van der Waals surface area (Å²) in [6.07, 6.45) is 31.0. The first-order valence-electron chi connectivity index (χ1n) is 11.9. The molecule has 0 saturated heterocycles. The van der Waals surface area contributed by atoms with E-state index in [1.165, 1.54) is 128 Å². The fourth-order valence-electron chi connectivity index (χ4n) is 3.67. The highest BCUT2D eigenvalue weighted by atomic mass is 14.0. The molecule has 0 rings (SSSR count). The molecule has 0 saturated carbocycles. The van der Waals surface area contributed by atoms with E-state index in [-0.39, 0.29) is 0 Å². The molecule has 25 heavy (non-hydrogen) atoms. The Morgan fingerprint density at radius 1 is 0.480 bits per heavy atom. The van der Waals surface area contributed by atoms with E-state index < -0.39 is 0 Å². The van der Waals surface area contributed by atoms with Crippen molar-refractivity contribution in [2.24, 2.45) is 5.92 Å². The number of rotatable bonds is 21. The van der Waals surface area contributed by atoms with E-state index in [2.05, 4.69) is 26.5 Å². The van der Waals surface area contributed by atoms with E-state index in [0.29, 0.717) is 0 Å². The molecule has 0 aromatic rings. The van der Waals surface area contributed by atoms with Crippen molar-refractivity contribution in [3.8, 4) is 0 Å². The summed E-state index contributed by atoms with van der Waals surface area (Å²) in [5.74, 6) is 0.896. The Kier molecular flexibility index (Phi) is 21.6. The van der Waals surface area contributed by atoms with Crippen molar-refractivity contribution in [3.63, 3.8) is 0 Å². The van der Waals surface area contributed by atoms with E-state index in [4.69, 9.17) is 0 Å². The van der Waals surface area contributed by atoms with Crippen LogP contribution in [-0.4, -0.2) is 0 Å². The van der Waals surface area contributed by atoms with Gasteiger partial charge in [0, 0.05) is 0 Å². The quantitative estimate of drug-likeness (QED) is 0.143. The number of hydrogen-bond donors (Lipinski definition) is 0. The smallest absolute Gasteiger partial charge is 0.0353 e. The maximum atomic E-state index is 3.78. The zero-order valence-electron chi connectivity index (χ0n) is 18.0. The Morgan fingerprint density at radius 2 is 0.760 bits per heavy atom. The minimum Gasteiger partial charge on any atom is -0.103 e. The Morgan fingerprint density at radius 3 is 1.04 bits per heavy atom. The highest BCUT2D eigenvalue weighted by Crippen LogP contribution is 2.15. The zero-order chi connectivity index (χ0) is 18.4. The molecule has 150 valence electrons. The lowest BCUT2D eigenvalue weighted by atomic mass is 10.0. The monoisotopic (exact) mass is 350 g/mol. The normalized spacial score (nSPS) is 11.3. The molecule has 0 unspecified atom stereocenters. The van der Waals surface area contributed by atoms with Gasteiger partial charge in [0.25, 0.3) is 0 Å². The second kappa shape index (κ2) is 21.8. The van der Waals surface area contributed by atoms with Crippen molar-refractivity contribution >= 4 is 0 Å². The van der Waals surface area contributed by atoms with Gasteiger partial charge < -0.3 is 0 Å². The molecule has 0 aliphatic rings. The summed E-state index contributed by atoms with van der Waals surface area (Å²) in [5, 5.41) is 0. The molecule has 0 heteroatoms. The number of hydrogen-bond acceptors (Lipinski definition) is 0. The summed E-state index contributed by atoms with van der Waals surface area (Å²) in [4.78, 5) is 0. The van der Waals surface area contributed by atoms with Gasteiger partial charge >= 0.3 is 0 Å². The average molecular weight is 351 g/mol. The van der Waals surface area contributed by atoms with Crippen molar-refractivity contribution in [3.05, 3.63) is 12.7 Å². The van der Waals surface area contributed by atoms with Crippen LogP contribution in [0.4, 0.5) is 0 Å². The summed E-state index contributed by atoms with van der Waals surface area (Å²) < 4.78 is 0. The lowest BCUT2D eigenvalue weighted by Crippen LogP contribution is -1.87. The molecule has 0 aliphatic carbocycles. The maximum Gasteiger partial charge on any atom is -0.0353 e. The van der Waals surface area contributed by atoms with Crippen LogP contribution in [0.25, 0.3) is 0 Å². The molecule has 0 spiro atoms. The van der Waals surface area contributed by atoms with E-state index >= 15 is 0 Å². The van der Waals surface area contributed by atoms with Crippen molar-refractivity contribution < 1.29 is 0 Å². The molecular formula is C25H50. The fourth-order valence-corrected chi connectivity index (χ4v) is 3.67. The van der Waals surface area contributed by atoms with Gasteiger partial charge in [-0.1, -0.05) is 135 Å². The highest BCUT2D eigenvalue weighted by Gasteiger charge is 1.96. The van der Waals surface area contributed by atoms with Crippen molar-refractivity contribution in [1.82, 2.24) is 0 Å². The largest absolute Gasteiger partial charge is 0.103 e. The van der Waals surface area contributed by atoms with Crippen LogP contribution in [0.3, 0.4) is 0 Å². The van der Waals surface area contributed by atoms with Gasteiger partial charge in [-0.3, -0.25) is 0 Å². The Balaban J connectivity index is 2.97. The second-order valence-electron chi connectivity index (χ2n) is 8.62. The minimum atomic E-state index is 0.896. The number of unbranched alkanes of at least 4 members (excludes halogenated alkanes) is 18. The Labute approximate surface area is 161 Å². The molecular weight excluding hydrogens is 300 g/mol. The summed E-state index contributed by atoms with van der Waals surface area (Å²) in [6, 6.07) is 0. The van der Waals surface area contributed by atoms with Crippen LogP contribution in [0.5, 0.6) is 0 Å². The van der Waals surface area contributed by atoms with Crippen LogP contribution in [0, 0.1) is 5.92 Å². The minimum absolute atomic E-state index is 0.896. The van der Waals surface area contributed by atoms with Crippen LogP contribution >= 0.6 is 0 Å². The van der Waals surface area contributed by atoms with E-state index in [1.54, 1.807) is 0 Å². The first kappa shape index (κ1) is 24.7. The molecule has 0 bridgehead atoms. The van der Waals surface area contributed by atoms with E-state index in [0.717, 1.165) is 5.92 Å². The fraction of sp³-hybridized carbons (Fsp3) is 0.920. The van der Waals surface area contributed by atoms with Gasteiger partial charge in [-0.2, -0.15) is 0 Å². The molecule has 0 atom stereocenters. The van der Waals surface area contributed by atoms with Crippen molar-refractivity contribution in [1.29, 1.82) is 0 Å². The lowest BCUT2D eigenvalue weighted by Gasteiger charge is -2.05. The molecule has 0 amide bonds. The zero-order valence-corrected chi connectivity index (χ0v) is 18.0. The van der Waals surface area contributed by atoms with E-state index in [1.807, 2.05) is 0 Å². The summed E-state index contributed by atoms with van der Waals surface area (Å²) in [5.41, 5.74) is 0. The highest BCUT2D eigenvalue weighted by molar-refractivity contribution is 4.65. The number of allylic oxidation sites excluding steroid dienone is 1. The molecule has 0 nitrogen and oxygen atoms in total. The molecule has 0 heterocycles. The molecule has 0 radical (unpaired) electrons. The van der Waals surface area contributed by atoms with Gasteiger partial charge in [0.2, 0.25) is 0 Å². The van der Waals surface area contributed by atoms with Crippen LogP contribution < -0.4 is 0 Å². The standard InChI is InChI=1S/C25H50/c1-4-5-6-7-8-9-10-11-12-13-14-15-16-17-18-19-20-21-22-23-24-25(2)3/h4,25H,1,5-24H2,2-3H3. The van der Waals surface area contributed by atoms with Crippen molar-refractivity contribution in [2.45, 2.75) is 142 Å². The average Bonchev–Trinajstić information content (AvgIpc) is 2.60. The molecule has 0 aromatic carbocycles. The van der Waals surface area contributed by atoms with Crippen molar-refractivity contribution in [2.75, 3.05) is 0 Å². The van der Waals surface area contributed by atoms with Gasteiger partial charge in [-0.15, -0.1) is 6.58 Å². The Bertz CT molecular complexity index is 240. The third-order valence-electron chi connectivity index (χ3n) is 5.44. The first-order chi connectivity index (χ1) is 12.3. The lowest BCUT2D eigenvalue weighted by molar-refractivity contribution is 0.501. The van der Waals surface area contributed by atoms with Crippen LogP contribution in [0.2, 0.25) is 0 Å². The van der Waals surface area contributed by atoms with E-state index in [9.17, 15) is 0 Å². The SMILES string of the molecule is C=CCCCCCCCCCCCCCCCCCCCCC(C)C. The van der Waals surface area contributed by atoms with Gasteiger partial charge in [-0.25, -0.2) is 0 Å². The topological polar surface area (TPSA) is 0 Å². The first-order valence-corrected chi connectivity index (χ1v) is 11.9. The summed E-state index contributed by atoms with van der Waals surface area (Å²) in [7, 11) is 0. The predicted molar refractivity (Wildman–Crippen MR) is 117 cm³/mol. The summed E-state index contributed by atoms with van der Waals surface area (Å²) >= 11 is 0. The molecule has 0 N–H and O–H groups in total. The third-order valence-corrected chi connectivity index (χ3v) is 5.44. The van der Waals surface area contributed by atoms with Crippen LogP contribution in [0.1, 0.15) is 142 Å². The molecule has 0 fully saturated rings. The molecule has 0 aliphatic heterocycles.